The lowest BCUT2D eigenvalue weighted by molar-refractivity contribution is -0.118. The van der Waals surface area contributed by atoms with E-state index in [1.54, 1.807) is 0 Å². The van der Waals surface area contributed by atoms with E-state index >= 15 is 0 Å². The first kappa shape index (κ1) is 19.6. The van der Waals surface area contributed by atoms with Gasteiger partial charge in [0, 0.05) is 12.3 Å². The molecule has 4 aliphatic carbocycles. The van der Waals surface area contributed by atoms with E-state index in [0.717, 1.165) is 5.92 Å². The Morgan fingerprint density at radius 1 is 1.19 bits per heavy atom. The molecule has 0 aromatic rings. The summed E-state index contributed by atoms with van der Waals surface area (Å²) in [5.41, 5.74) is 1.81. The molecule has 150 valence electrons. The fraction of sp³-hybridized carbons (Fsp3) is 0.792. The summed E-state index contributed by atoms with van der Waals surface area (Å²) in [6, 6.07) is 0. The maximum atomic E-state index is 12.5. The van der Waals surface area contributed by atoms with Crippen molar-refractivity contribution in [1.29, 1.82) is 0 Å². The van der Waals surface area contributed by atoms with Crippen LogP contribution >= 0.6 is 0 Å². The summed E-state index contributed by atoms with van der Waals surface area (Å²) in [5, 5.41) is 0.178. The minimum Gasteiger partial charge on any atom is -0.413 e. The summed E-state index contributed by atoms with van der Waals surface area (Å²) in [5.74, 6) is 2.87. The van der Waals surface area contributed by atoms with E-state index in [4.69, 9.17) is 4.43 Å². The van der Waals surface area contributed by atoms with E-state index in [-0.39, 0.29) is 16.9 Å². The molecule has 0 heterocycles. The van der Waals surface area contributed by atoms with Crippen LogP contribution in [0.15, 0.2) is 23.8 Å². The molecule has 0 saturated heterocycles. The van der Waals surface area contributed by atoms with Crippen molar-refractivity contribution >= 4 is 14.1 Å². The van der Waals surface area contributed by atoms with E-state index in [9.17, 15) is 4.79 Å². The molecule has 0 aliphatic heterocycles. The van der Waals surface area contributed by atoms with Gasteiger partial charge in [-0.15, -0.1) is 0 Å². The van der Waals surface area contributed by atoms with Crippen molar-refractivity contribution in [2.45, 2.75) is 90.5 Å². The largest absolute Gasteiger partial charge is 0.413 e. The lowest BCUT2D eigenvalue weighted by Gasteiger charge is -2.53. The molecule has 0 amide bonds. The van der Waals surface area contributed by atoms with Gasteiger partial charge in [0.2, 0.25) is 0 Å². The van der Waals surface area contributed by atoms with Gasteiger partial charge in [0.15, 0.2) is 14.1 Å². The summed E-state index contributed by atoms with van der Waals surface area (Å²) in [4.78, 5) is 12.5. The molecule has 0 N–H and O–H groups in total. The summed E-state index contributed by atoms with van der Waals surface area (Å²) < 4.78 is 6.91. The third-order valence-corrected chi connectivity index (χ3v) is 13.4. The third-order valence-electron chi connectivity index (χ3n) is 8.91. The van der Waals surface area contributed by atoms with Crippen molar-refractivity contribution in [3.63, 3.8) is 0 Å². The van der Waals surface area contributed by atoms with Crippen molar-refractivity contribution in [3.05, 3.63) is 23.8 Å². The molecule has 1 unspecified atom stereocenters. The van der Waals surface area contributed by atoms with Crippen molar-refractivity contribution in [2.24, 2.45) is 29.1 Å². The number of fused-ring (bicyclic) bond motifs is 5. The highest BCUT2D eigenvalue weighted by Crippen LogP contribution is 2.60. The zero-order valence-electron chi connectivity index (χ0n) is 18.2. The molecule has 2 fully saturated rings. The van der Waals surface area contributed by atoms with E-state index in [1.807, 2.05) is 6.08 Å². The van der Waals surface area contributed by atoms with Gasteiger partial charge in [-0.3, -0.25) is 4.79 Å². The molecule has 3 heteroatoms. The molecule has 27 heavy (non-hydrogen) atoms. The summed E-state index contributed by atoms with van der Waals surface area (Å²) >= 11 is 0. The molecule has 0 spiro atoms. The van der Waals surface area contributed by atoms with Gasteiger partial charge in [-0.25, -0.2) is 0 Å². The van der Waals surface area contributed by atoms with Gasteiger partial charge in [0.25, 0.3) is 0 Å². The van der Waals surface area contributed by atoms with Gasteiger partial charge >= 0.3 is 0 Å². The Hall–Kier alpha value is -0.673. The normalized spacial score (nSPS) is 41.6. The number of hydrogen-bond acceptors (Lipinski definition) is 2. The van der Waals surface area contributed by atoms with Gasteiger partial charge < -0.3 is 4.43 Å². The van der Waals surface area contributed by atoms with Crippen molar-refractivity contribution in [2.75, 3.05) is 0 Å². The smallest absolute Gasteiger partial charge is 0.192 e. The highest BCUT2D eigenvalue weighted by Gasteiger charge is 2.54. The number of carbonyl (C=O) groups excluding carboxylic acids is 1. The standard InChI is InChI=1S/C24H38O2Si/c1-23(2,3)27(5,6)26-21-15-17(25)14-16-9-10-18-19(22(16)21)11-13-24(4)12-7-8-20(18)24/h9-10,14,18-22H,7-8,11-13,15H2,1-6H3/t18-,19+,20+,21?,22+,24+/m1/s1. The Bertz CT molecular complexity index is 683. The minimum atomic E-state index is -1.90. The summed E-state index contributed by atoms with van der Waals surface area (Å²) in [7, 11) is -1.90. The van der Waals surface area contributed by atoms with E-state index in [2.05, 4.69) is 52.9 Å². The molecule has 2 saturated carbocycles. The maximum absolute atomic E-state index is 12.5. The monoisotopic (exact) mass is 386 g/mol. The number of rotatable bonds is 2. The second-order valence-corrected chi connectivity index (χ2v) is 16.3. The van der Waals surface area contributed by atoms with E-state index in [1.165, 1.54) is 37.7 Å². The molecular weight excluding hydrogens is 348 g/mol. The molecule has 4 aliphatic rings. The Labute approximate surface area is 167 Å². The first-order valence-electron chi connectivity index (χ1n) is 11.1. The van der Waals surface area contributed by atoms with Crippen LogP contribution in [-0.4, -0.2) is 20.2 Å². The Balaban J connectivity index is 1.66. The number of hydrogen-bond donors (Lipinski definition) is 0. The molecule has 0 radical (unpaired) electrons. The van der Waals surface area contributed by atoms with Gasteiger partial charge in [-0.2, -0.15) is 0 Å². The van der Waals surface area contributed by atoms with Crippen LogP contribution in [0.25, 0.3) is 0 Å². The third kappa shape index (κ3) is 3.23. The van der Waals surface area contributed by atoms with Crippen LogP contribution in [0.1, 0.15) is 66.2 Å². The average molecular weight is 387 g/mol. The Kier molecular flexibility index (Phi) is 4.67. The Morgan fingerprint density at radius 2 is 1.93 bits per heavy atom. The molecule has 2 nitrogen and oxygen atoms in total. The maximum Gasteiger partial charge on any atom is 0.192 e. The van der Waals surface area contributed by atoms with Gasteiger partial charge in [-0.05, 0) is 78.6 Å². The highest BCUT2D eigenvalue weighted by molar-refractivity contribution is 6.74. The van der Waals surface area contributed by atoms with Crippen LogP contribution in [-0.2, 0) is 9.22 Å². The Morgan fingerprint density at radius 3 is 2.63 bits per heavy atom. The molecule has 4 rings (SSSR count). The van der Waals surface area contributed by atoms with Gasteiger partial charge in [-0.1, -0.05) is 46.3 Å². The second kappa shape index (κ2) is 6.42. The van der Waals surface area contributed by atoms with E-state index < -0.39 is 8.32 Å². The van der Waals surface area contributed by atoms with Crippen LogP contribution in [0.4, 0.5) is 0 Å². The molecule has 6 atom stereocenters. The molecule has 0 aromatic heterocycles. The minimum absolute atomic E-state index is 0.0848. The molecular formula is C24H38O2Si. The zero-order chi connectivity index (χ0) is 19.6. The van der Waals surface area contributed by atoms with E-state index in [0.29, 0.717) is 29.6 Å². The van der Waals surface area contributed by atoms with Crippen molar-refractivity contribution < 1.29 is 9.22 Å². The lowest BCUT2D eigenvalue weighted by atomic mass is 9.54. The number of ketones is 1. The number of carbonyl (C=O) groups is 1. The fourth-order valence-electron chi connectivity index (χ4n) is 6.37. The summed E-state index contributed by atoms with van der Waals surface area (Å²) in [6.45, 7) is 14.1. The van der Waals surface area contributed by atoms with Crippen molar-refractivity contribution in [1.82, 2.24) is 0 Å². The predicted octanol–water partition coefficient (Wildman–Crippen LogP) is 6.29. The van der Waals surface area contributed by atoms with Crippen LogP contribution in [0.3, 0.4) is 0 Å². The second-order valence-electron chi connectivity index (χ2n) is 11.5. The van der Waals surface area contributed by atoms with Gasteiger partial charge in [0.1, 0.15) is 0 Å². The fourth-order valence-corrected chi connectivity index (χ4v) is 7.71. The first-order chi connectivity index (χ1) is 12.5. The molecule has 0 aromatic carbocycles. The summed E-state index contributed by atoms with van der Waals surface area (Å²) in [6.07, 6.45) is 14.2. The molecule has 0 bridgehead atoms. The van der Waals surface area contributed by atoms with Crippen molar-refractivity contribution in [3.8, 4) is 0 Å². The van der Waals surface area contributed by atoms with Crippen LogP contribution < -0.4 is 0 Å². The average Bonchev–Trinajstić information content (AvgIpc) is 2.94. The van der Waals surface area contributed by atoms with Gasteiger partial charge in [0.05, 0.1) is 6.10 Å². The highest BCUT2D eigenvalue weighted by atomic mass is 28.4. The predicted molar refractivity (Wildman–Crippen MR) is 114 cm³/mol. The zero-order valence-corrected chi connectivity index (χ0v) is 19.2. The topological polar surface area (TPSA) is 26.3 Å². The number of allylic oxidation sites excluding steroid dienone is 3. The quantitative estimate of drug-likeness (QED) is 0.521. The van der Waals surface area contributed by atoms with Crippen LogP contribution in [0.2, 0.25) is 18.1 Å². The van der Waals surface area contributed by atoms with Crippen LogP contribution in [0, 0.1) is 29.1 Å². The first-order valence-corrected chi connectivity index (χ1v) is 14.0. The van der Waals surface area contributed by atoms with Crippen LogP contribution in [0.5, 0.6) is 0 Å². The SMILES string of the molecule is CC(C)(C)[Si](C)(C)OC1CC(=O)C=C2C=C[C@@H]3[C@H](CC[C@]4(C)CCC[C@@H]34)[C@H]21. The lowest BCUT2D eigenvalue weighted by Crippen LogP contribution is -2.52.